The molecule has 1 heterocycles. The number of aliphatic hydroxyl groups excluding tert-OH is 1. The van der Waals surface area contributed by atoms with Crippen molar-refractivity contribution in [3.05, 3.63) is 0 Å². The lowest BCUT2D eigenvalue weighted by Gasteiger charge is -2.26. The van der Waals surface area contributed by atoms with Crippen molar-refractivity contribution in [2.45, 2.75) is 37.8 Å². The fraction of sp³-hybridized carbons (Fsp3) is 0.857. The van der Waals surface area contributed by atoms with Gasteiger partial charge in [-0.25, -0.2) is 0 Å². The molecule has 5 heteroatoms. The smallest absolute Gasteiger partial charge is 0.351 e. The van der Waals surface area contributed by atoms with Crippen molar-refractivity contribution in [2.75, 3.05) is 0 Å². The fourth-order valence-corrected chi connectivity index (χ4v) is 1.22. The second-order valence-corrected chi connectivity index (χ2v) is 3.25. The van der Waals surface area contributed by atoms with Gasteiger partial charge in [-0.05, 0) is 13.3 Å². The number of carbonyl (C=O) groups is 1. The van der Waals surface area contributed by atoms with Crippen molar-refractivity contribution in [1.29, 1.82) is 0 Å². The van der Waals surface area contributed by atoms with Gasteiger partial charge in [0.2, 0.25) is 0 Å². The molecule has 0 saturated carbocycles. The standard InChI is InChI=1S/C7H11F2NO2/c1-3-6(2)4(11)7(8,9)5(12)10-6/h4,11H,3H2,1-2H3,(H,10,12). The van der Waals surface area contributed by atoms with E-state index in [0.717, 1.165) is 0 Å². The highest BCUT2D eigenvalue weighted by Crippen LogP contribution is 2.35. The molecule has 0 radical (unpaired) electrons. The van der Waals surface area contributed by atoms with Crippen molar-refractivity contribution in [1.82, 2.24) is 5.32 Å². The molecule has 70 valence electrons. The molecule has 12 heavy (non-hydrogen) atoms. The molecule has 1 aliphatic rings. The first-order chi connectivity index (χ1) is 5.34. The molecular formula is C7H11F2NO2. The molecule has 2 atom stereocenters. The first-order valence-corrected chi connectivity index (χ1v) is 3.73. The Morgan fingerprint density at radius 3 is 2.33 bits per heavy atom. The Kier molecular flexibility index (Phi) is 1.87. The van der Waals surface area contributed by atoms with Crippen LogP contribution in [0.2, 0.25) is 0 Å². The summed E-state index contributed by atoms with van der Waals surface area (Å²) in [6.45, 7) is 3.03. The SMILES string of the molecule is CCC1(C)NC(=O)C(F)(F)C1O. The number of hydrogen-bond acceptors (Lipinski definition) is 2. The summed E-state index contributed by atoms with van der Waals surface area (Å²) in [7, 11) is 0. The molecule has 3 nitrogen and oxygen atoms in total. The number of nitrogens with one attached hydrogen (secondary N) is 1. The molecule has 1 rings (SSSR count). The van der Waals surface area contributed by atoms with Gasteiger partial charge in [0.1, 0.15) is 6.10 Å². The zero-order chi connectivity index (χ0) is 9.57. The average Bonchev–Trinajstić information content (AvgIpc) is 2.14. The van der Waals surface area contributed by atoms with Crippen LogP contribution in [0.5, 0.6) is 0 Å². The van der Waals surface area contributed by atoms with Crippen molar-refractivity contribution >= 4 is 5.91 Å². The van der Waals surface area contributed by atoms with E-state index in [9.17, 15) is 13.6 Å². The highest BCUT2D eigenvalue weighted by molar-refractivity contribution is 5.88. The molecule has 0 spiro atoms. The van der Waals surface area contributed by atoms with Gasteiger partial charge in [0.05, 0.1) is 5.54 Å². The van der Waals surface area contributed by atoms with Crippen LogP contribution in [0.3, 0.4) is 0 Å². The Labute approximate surface area is 68.8 Å². The summed E-state index contributed by atoms with van der Waals surface area (Å²) in [4.78, 5) is 10.7. The van der Waals surface area contributed by atoms with Crippen LogP contribution in [0.25, 0.3) is 0 Å². The zero-order valence-corrected chi connectivity index (χ0v) is 6.90. The van der Waals surface area contributed by atoms with Crippen LogP contribution >= 0.6 is 0 Å². The molecule has 1 saturated heterocycles. The van der Waals surface area contributed by atoms with Gasteiger partial charge < -0.3 is 10.4 Å². The van der Waals surface area contributed by atoms with E-state index in [1.165, 1.54) is 6.92 Å². The first-order valence-electron chi connectivity index (χ1n) is 3.73. The van der Waals surface area contributed by atoms with Crippen LogP contribution in [-0.4, -0.2) is 28.6 Å². The van der Waals surface area contributed by atoms with Gasteiger partial charge in [-0.15, -0.1) is 0 Å². The number of rotatable bonds is 1. The largest absolute Gasteiger partial charge is 0.384 e. The molecule has 0 aromatic carbocycles. The van der Waals surface area contributed by atoms with Crippen molar-refractivity contribution in [3.63, 3.8) is 0 Å². The molecule has 0 bridgehead atoms. The third-order valence-electron chi connectivity index (χ3n) is 2.38. The van der Waals surface area contributed by atoms with Crippen LogP contribution in [0.4, 0.5) is 8.78 Å². The Hall–Kier alpha value is -0.710. The minimum absolute atomic E-state index is 0.273. The van der Waals surface area contributed by atoms with Gasteiger partial charge in [-0.1, -0.05) is 6.92 Å². The molecule has 1 aliphatic heterocycles. The van der Waals surface area contributed by atoms with E-state index in [1.807, 2.05) is 0 Å². The van der Waals surface area contributed by atoms with E-state index in [4.69, 9.17) is 5.11 Å². The maximum absolute atomic E-state index is 12.8. The maximum atomic E-state index is 12.8. The minimum Gasteiger partial charge on any atom is -0.384 e. The number of halogens is 2. The van der Waals surface area contributed by atoms with Crippen LogP contribution in [-0.2, 0) is 4.79 Å². The summed E-state index contributed by atoms with van der Waals surface area (Å²) in [5.41, 5.74) is -1.19. The second-order valence-electron chi connectivity index (χ2n) is 3.25. The Bertz CT molecular complexity index is 219. The van der Waals surface area contributed by atoms with Crippen molar-refractivity contribution in [2.24, 2.45) is 0 Å². The molecule has 2 unspecified atom stereocenters. The normalized spacial score (nSPS) is 39.8. The highest BCUT2D eigenvalue weighted by Gasteiger charge is 2.61. The van der Waals surface area contributed by atoms with Crippen LogP contribution < -0.4 is 5.32 Å². The summed E-state index contributed by atoms with van der Waals surface area (Å²) in [5, 5.41) is 11.2. The number of amides is 1. The van der Waals surface area contributed by atoms with E-state index in [1.54, 1.807) is 6.92 Å². The second kappa shape index (κ2) is 2.39. The monoisotopic (exact) mass is 179 g/mol. The zero-order valence-electron chi connectivity index (χ0n) is 6.90. The van der Waals surface area contributed by atoms with Crippen LogP contribution in [0.15, 0.2) is 0 Å². The molecule has 0 aromatic heterocycles. The molecule has 1 fully saturated rings. The summed E-state index contributed by atoms with van der Waals surface area (Å²) in [5.74, 6) is -5.04. The molecular weight excluding hydrogens is 168 g/mol. The fourth-order valence-electron chi connectivity index (χ4n) is 1.22. The minimum atomic E-state index is -3.65. The Balaban J connectivity index is 2.98. The highest BCUT2D eigenvalue weighted by atomic mass is 19.3. The molecule has 1 amide bonds. The van der Waals surface area contributed by atoms with Gasteiger partial charge >= 0.3 is 5.92 Å². The van der Waals surface area contributed by atoms with Crippen LogP contribution in [0.1, 0.15) is 20.3 Å². The quantitative estimate of drug-likeness (QED) is 0.607. The third-order valence-corrected chi connectivity index (χ3v) is 2.38. The van der Waals surface area contributed by atoms with Gasteiger partial charge in [-0.2, -0.15) is 8.78 Å². The van der Waals surface area contributed by atoms with Gasteiger partial charge in [0.15, 0.2) is 0 Å². The van der Waals surface area contributed by atoms with Crippen LogP contribution in [0, 0.1) is 0 Å². The topological polar surface area (TPSA) is 49.3 Å². The van der Waals surface area contributed by atoms with Gasteiger partial charge in [0, 0.05) is 0 Å². The maximum Gasteiger partial charge on any atom is 0.351 e. The Morgan fingerprint density at radius 2 is 2.17 bits per heavy atom. The van der Waals surface area contributed by atoms with Gasteiger partial charge in [-0.3, -0.25) is 4.79 Å². The van der Waals surface area contributed by atoms with Crippen molar-refractivity contribution in [3.8, 4) is 0 Å². The summed E-state index contributed by atoms with van der Waals surface area (Å²) in [6.07, 6.45) is -1.65. The predicted octanol–water partition coefficient (Wildman–Crippen LogP) is 0.281. The summed E-state index contributed by atoms with van der Waals surface area (Å²) in [6, 6.07) is 0. The molecule has 0 aliphatic carbocycles. The lowest BCUT2D eigenvalue weighted by molar-refractivity contribution is -0.151. The lowest BCUT2D eigenvalue weighted by Crippen LogP contribution is -2.47. The van der Waals surface area contributed by atoms with Crippen molar-refractivity contribution < 1.29 is 18.7 Å². The Morgan fingerprint density at radius 1 is 1.67 bits per heavy atom. The van der Waals surface area contributed by atoms with E-state index in [2.05, 4.69) is 5.32 Å². The molecule has 0 aromatic rings. The third kappa shape index (κ3) is 0.998. The summed E-state index contributed by atoms with van der Waals surface area (Å²) >= 11 is 0. The van der Waals surface area contributed by atoms with E-state index in [0.29, 0.717) is 0 Å². The predicted molar refractivity (Wildman–Crippen MR) is 37.8 cm³/mol. The average molecular weight is 179 g/mol. The number of aliphatic hydroxyl groups is 1. The number of carbonyl (C=O) groups excluding carboxylic acids is 1. The van der Waals surface area contributed by atoms with E-state index < -0.39 is 23.5 Å². The van der Waals surface area contributed by atoms with E-state index in [-0.39, 0.29) is 6.42 Å². The summed E-state index contributed by atoms with van der Waals surface area (Å²) < 4.78 is 25.5. The van der Waals surface area contributed by atoms with Gasteiger partial charge in [0.25, 0.3) is 5.91 Å². The number of hydrogen-bond donors (Lipinski definition) is 2. The van der Waals surface area contributed by atoms with E-state index >= 15 is 0 Å². The first kappa shape index (κ1) is 9.38. The number of alkyl halides is 2. The lowest BCUT2D eigenvalue weighted by atomic mass is 9.93. The molecule has 2 N–H and O–H groups in total.